The standard InChI is InChI=1S/C21H38N2O4/c1-13(2)18(24)11-23(12-19(25)14(3)4)10-9-17(20(26)15(5)6)22-21(27)16(7)8/h13-17H,9-12H2,1-8H3,(H,22,27). The molecule has 1 N–H and O–H groups in total. The van der Waals surface area contributed by atoms with E-state index in [0.29, 0.717) is 13.0 Å². The van der Waals surface area contributed by atoms with Crippen LogP contribution < -0.4 is 5.32 Å². The lowest BCUT2D eigenvalue weighted by molar-refractivity contribution is -0.131. The van der Waals surface area contributed by atoms with Crippen LogP contribution in [0.1, 0.15) is 61.8 Å². The van der Waals surface area contributed by atoms with Gasteiger partial charge in [-0.1, -0.05) is 55.4 Å². The van der Waals surface area contributed by atoms with E-state index >= 15 is 0 Å². The van der Waals surface area contributed by atoms with Gasteiger partial charge in [0.05, 0.1) is 19.1 Å². The Hall–Kier alpha value is -1.56. The fourth-order valence-corrected chi connectivity index (χ4v) is 2.36. The van der Waals surface area contributed by atoms with Crippen LogP contribution in [0.2, 0.25) is 0 Å². The van der Waals surface area contributed by atoms with Gasteiger partial charge >= 0.3 is 0 Å². The average molecular weight is 383 g/mol. The van der Waals surface area contributed by atoms with Crippen LogP contribution in [0.4, 0.5) is 0 Å². The first-order valence-corrected chi connectivity index (χ1v) is 9.98. The van der Waals surface area contributed by atoms with Crippen molar-refractivity contribution in [1.82, 2.24) is 10.2 Å². The van der Waals surface area contributed by atoms with Crippen LogP contribution in [0.5, 0.6) is 0 Å². The maximum Gasteiger partial charge on any atom is 0.223 e. The minimum atomic E-state index is -0.606. The molecule has 0 aromatic rings. The fourth-order valence-electron chi connectivity index (χ4n) is 2.36. The van der Waals surface area contributed by atoms with Gasteiger partial charge in [0.25, 0.3) is 0 Å². The molecule has 0 heterocycles. The lowest BCUT2D eigenvalue weighted by Crippen LogP contribution is -2.47. The fraction of sp³-hybridized carbons (Fsp3) is 0.810. The zero-order chi connectivity index (χ0) is 21.3. The molecule has 0 aliphatic rings. The van der Waals surface area contributed by atoms with E-state index in [2.05, 4.69) is 5.32 Å². The maximum atomic E-state index is 12.5. The van der Waals surface area contributed by atoms with Crippen LogP contribution in [-0.2, 0) is 19.2 Å². The topological polar surface area (TPSA) is 83.6 Å². The molecule has 1 atom stereocenters. The van der Waals surface area contributed by atoms with Crippen molar-refractivity contribution in [2.75, 3.05) is 19.6 Å². The number of carbonyl (C=O) groups is 4. The van der Waals surface area contributed by atoms with E-state index in [4.69, 9.17) is 0 Å². The summed E-state index contributed by atoms with van der Waals surface area (Å²) in [4.78, 5) is 50.7. The number of carbonyl (C=O) groups excluding carboxylic acids is 4. The average Bonchev–Trinajstić information content (AvgIpc) is 2.56. The molecule has 0 aromatic heterocycles. The molecule has 0 rings (SSSR count). The second-order valence-electron chi connectivity index (χ2n) is 8.51. The van der Waals surface area contributed by atoms with E-state index < -0.39 is 6.04 Å². The molecular formula is C21H38N2O4. The third-order valence-corrected chi connectivity index (χ3v) is 4.53. The number of Topliss-reactive ketones (excluding diaryl/α,β-unsaturated/α-hetero) is 3. The molecule has 6 nitrogen and oxygen atoms in total. The van der Waals surface area contributed by atoms with Crippen molar-refractivity contribution in [3.63, 3.8) is 0 Å². The molecule has 27 heavy (non-hydrogen) atoms. The van der Waals surface area contributed by atoms with Crippen LogP contribution in [0.15, 0.2) is 0 Å². The second-order valence-corrected chi connectivity index (χ2v) is 8.51. The molecule has 0 fully saturated rings. The molecule has 0 bridgehead atoms. The van der Waals surface area contributed by atoms with Gasteiger partial charge in [-0.25, -0.2) is 0 Å². The van der Waals surface area contributed by atoms with Gasteiger partial charge in [0.15, 0.2) is 5.78 Å². The van der Waals surface area contributed by atoms with Crippen molar-refractivity contribution in [3.05, 3.63) is 0 Å². The van der Waals surface area contributed by atoms with Crippen molar-refractivity contribution in [2.45, 2.75) is 67.9 Å². The normalized spacial score (nSPS) is 12.9. The smallest absolute Gasteiger partial charge is 0.223 e. The van der Waals surface area contributed by atoms with Crippen molar-refractivity contribution >= 4 is 23.3 Å². The molecule has 156 valence electrons. The number of hydrogen-bond donors (Lipinski definition) is 1. The van der Waals surface area contributed by atoms with Crippen LogP contribution in [-0.4, -0.2) is 53.8 Å². The number of nitrogens with zero attached hydrogens (tertiary/aromatic N) is 1. The molecule has 0 spiro atoms. The van der Waals surface area contributed by atoms with Crippen molar-refractivity contribution in [1.29, 1.82) is 0 Å². The Labute approximate surface area is 164 Å². The summed E-state index contributed by atoms with van der Waals surface area (Å²) in [5, 5.41) is 2.82. The first kappa shape index (κ1) is 25.4. The molecule has 0 aliphatic carbocycles. The predicted octanol–water partition coefficient (Wildman–Crippen LogP) is 2.49. The Morgan fingerprint density at radius 3 is 1.48 bits per heavy atom. The molecule has 0 radical (unpaired) electrons. The molecular weight excluding hydrogens is 344 g/mol. The zero-order valence-corrected chi connectivity index (χ0v) is 18.3. The van der Waals surface area contributed by atoms with Crippen molar-refractivity contribution in [2.24, 2.45) is 23.7 Å². The van der Waals surface area contributed by atoms with Gasteiger partial charge in [0.2, 0.25) is 5.91 Å². The van der Waals surface area contributed by atoms with Crippen LogP contribution in [0.25, 0.3) is 0 Å². The van der Waals surface area contributed by atoms with Gasteiger partial charge in [-0.15, -0.1) is 0 Å². The van der Waals surface area contributed by atoms with Crippen LogP contribution in [0.3, 0.4) is 0 Å². The number of ketones is 3. The summed E-state index contributed by atoms with van der Waals surface area (Å²) in [6.07, 6.45) is 0.381. The van der Waals surface area contributed by atoms with E-state index in [9.17, 15) is 19.2 Å². The molecule has 0 saturated heterocycles. The first-order chi connectivity index (χ1) is 12.4. The van der Waals surface area contributed by atoms with Crippen LogP contribution in [0, 0.1) is 23.7 Å². The third-order valence-electron chi connectivity index (χ3n) is 4.53. The minimum absolute atomic E-state index is 0.0330. The van der Waals surface area contributed by atoms with E-state index in [1.54, 1.807) is 32.6 Å². The SMILES string of the molecule is CC(C)C(=O)CN(CCC(NC(=O)C(C)C)C(=O)C(C)C)CC(=O)C(C)C. The molecule has 1 unspecified atom stereocenters. The highest BCUT2D eigenvalue weighted by Crippen LogP contribution is 2.09. The molecule has 0 saturated carbocycles. The summed E-state index contributed by atoms with van der Waals surface area (Å²) < 4.78 is 0. The van der Waals surface area contributed by atoms with Crippen molar-refractivity contribution < 1.29 is 19.2 Å². The van der Waals surface area contributed by atoms with Gasteiger partial charge < -0.3 is 5.32 Å². The van der Waals surface area contributed by atoms with Crippen LogP contribution >= 0.6 is 0 Å². The summed E-state index contributed by atoms with van der Waals surface area (Å²) in [5.41, 5.74) is 0. The summed E-state index contributed by atoms with van der Waals surface area (Å²) in [6.45, 7) is 15.3. The van der Waals surface area contributed by atoms with E-state index in [1.807, 2.05) is 27.7 Å². The lowest BCUT2D eigenvalue weighted by atomic mass is 9.97. The van der Waals surface area contributed by atoms with Gasteiger partial charge in [0.1, 0.15) is 11.6 Å². The van der Waals surface area contributed by atoms with Gasteiger partial charge in [-0.05, 0) is 6.42 Å². The summed E-state index contributed by atoms with van der Waals surface area (Å²) >= 11 is 0. The summed E-state index contributed by atoms with van der Waals surface area (Å²) in [7, 11) is 0. The Morgan fingerprint density at radius 1 is 0.704 bits per heavy atom. The first-order valence-electron chi connectivity index (χ1n) is 9.98. The Balaban J connectivity index is 5.19. The monoisotopic (exact) mass is 382 g/mol. The highest BCUT2D eigenvalue weighted by Gasteiger charge is 2.26. The van der Waals surface area contributed by atoms with E-state index in [1.165, 1.54) is 0 Å². The summed E-state index contributed by atoms with van der Waals surface area (Å²) in [5.74, 6) is -0.731. The number of nitrogens with one attached hydrogen (secondary N) is 1. The quantitative estimate of drug-likeness (QED) is 0.529. The highest BCUT2D eigenvalue weighted by atomic mass is 16.2. The number of hydrogen-bond acceptors (Lipinski definition) is 5. The number of rotatable bonds is 13. The Morgan fingerprint density at radius 2 is 1.15 bits per heavy atom. The third kappa shape index (κ3) is 9.80. The second kappa shape index (κ2) is 12.0. The Bertz CT molecular complexity index is 502. The summed E-state index contributed by atoms with van der Waals surface area (Å²) in [6, 6.07) is -0.606. The minimum Gasteiger partial charge on any atom is -0.346 e. The number of amides is 1. The molecule has 1 amide bonds. The molecule has 0 aliphatic heterocycles. The lowest BCUT2D eigenvalue weighted by Gasteiger charge is -2.26. The van der Waals surface area contributed by atoms with E-state index in [-0.39, 0.29) is 60.0 Å². The van der Waals surface area contributed by atoms with Gasteiger partial charge in [0, 0.05) is 30.2 Å². The van der Waals surface area contributed by atoms with Gasteiger partial charge in [-0.2, -0.15) is 0 Å². The molecule has 6 heteroatoms. The Kier molecular flexibility index (Phi) is 11.3. The largest absolute Gasteiger partial charge is 0.346 e. The maximum absolute atomic E-state index is 12.5. The predicted molar refractivity (Wildman–Crippen MR) is 107 cm³/mol. The highest BCUT2D eigenvalue weighted by molar-refractivity contribution is 5.90. The van der Waals surface area contributed by atoms with E-state index in [0.717, 1.165) is 0 Å². The van der Waals surface area contributed by atoms with Gasteiger partial charge in [-0.3, -0.25) is 24.1 Å². The van der Waals surface area contributed by atoms with Crippen molar-refractivity contribution in [3.8, 4) is 0 Å². The molecule has 0 aromatic carbocycles. The zero-order valence-electron chi connectivity index (χ0n) is 18.3.